The molecule has 0 aromatic rings. The quantitative estimate of drug-likeness (QED) is 0.757. The topological polar surface area (TPSA) is 69.6 Å². The molecule has 20 heavy (non-hydrogen) atoms. The highest BCUT2D eigenvalue weighted by Crippen LogP contribution is 2.37. The minimum Gasteiger partial charge on any atom is -0.480 e. The third-order valence-corrected chi connectivity index (χ3v) is 4.40. The van der Waals surface area contributed by atoms with Gasteiger partial charge in [-0.25, -0.2) is 9.59 Å². The van der Waals surface area contributed by atoms with Gasteiger partial charge in [-0.3, -0.25) is 0 Å². The molecule has 1 heterocycles. The number of nitrogens with one attached hydrogen (secondary N) is 1. The molecule has 2 N–H and O–H groups in total. The number of piperidine rings is 1. The molecule has 2 amide bonds. The van der Waals surface area contributed by atoms with E-state index in [9.17, 15) is 14.7 Å². The summed E-state index contributed by atoms with van der Waals surface area (Å²) >= 11 is 0. The summed E-state index contributed by atoms with van der Waals surface area (Å²) in [6.45, 7) is 1.99. The first kappa shape index (κ1) is 14.7. The molecule has 2 aliphatic rings. The van der Waals surface area contributed by atoms with Crippen molar-refractivity contribution in [1.29, 1.82) is 0 Å². The summed E-state index contributed by atoms with van der Waals surface area (Å²) in [6, 6.07) is -0.895. The monoisotopic (exact) mass is 278 g/mol. The normalized spacial score (nSPS) is 28.9. The summed E-state index contributed by atoms with van der Waals surface area (Å²) in [5.74, 6) is 5.06. The highest BCUT2D eigenvalue weighted by atomic mass is 16.4. The molecule has 2 rings (SSSR count). The number of nitrogens with zero attached hydrogens (tertiary/aromatic N) is 1. The van der Waals surface area contributed by atoms with Gasteiger partial charge in [-0.15, -0.1) is 5.92 Å². The molecule has 3 atom stereocenters. The zero-order chi connectivity index (χ0) is 14.5. The summed E-state index contributed by atoms with van der Waals surface area (Å²) in [6.07, 6.45) is 5.77. The van der Waals surface area contributed by atoms with E-state index in [-0.39, 0.29) is 18.6 Å². The van der Waals surface area contributed by atoms with Gasteiger partial charge in [-0.2, -0.15) is 0 Å². The maximum Gasteiger partial charge on any atom is 0.326 e. The van der Waals surface area contributed by atoms with Crippen LogP contribution in [-0.2, 0) is 4.79 Å². The maximum absolute atomic E-state index is 12.3. The van der Waals surface area contributed by atoms with Gasteiger partial charge in [0.25, 0.3) is 0 Å². The van der Waals surface area contributed by atoms with E-state index in [1.165, 1.54) is 6.42 Å². The Labute approximate surface area is 119 Å². The second-order valence-electron chi connectivity index (χ2n) is 5.54. The van der Waals surface area contributed by atoms with E-state index in [0.717, 1.165) is 25.7 Å². The number of hydrogen-bond acceptors (Lipinski definition) is 2. The summed E-state index contributed by atoms with van der Waals surface area (Å²) in [4.78, 5) is 25.3. The van der Waals surface area contributed by atoms with E-state index in [4.69, 9.17) is 0 Å². The minimum absolute atomic E-state index is 0.0770. The van der Waals surface area contributed by atoms with E-state index in [0.29, 0.717) is 12.3 Å². The van der Waals surface area contributed by atoms with Crippen molar-refractivity contribution in [2.75, 3.05) is 6.54 Å². The number of carboxylic acids is 1. The molecule has 1 saturated carbocycles. The number of carboxylic acid groups (broad SMARTS) is 1. The lowest BCUT2D eigenvalue weighted by atomic mass is 9.76. The van der Waals surface area contributed by atoms with Gasteiger partial charge in [-0.1, -0.05) is 18.8 Å². The predicted octanol–water partition coefficient (Wildman–Crippen LogP) is 1.83. The van der Waals surface area contributed by atoms with Crippen LogP contribution in [0.2, 0.25) is 0 Å². The summed E-state index contributed by atoms with van der Waals surface area (Å²) in [5, 5.41) is 12.1. The van der Waals surface area contributed by atoms with Gasteiger partial charge in [0.2, 0.25) is 0 Å². The molecule has 5 heteroatoms. The van der Waals surface area contributed by atoms with Crippen molar-refractivity contribution in [2.24, 2.45) is 5.92 Å². The molecule has 0 aromatic heterocycles. The first-order chi connectivity index (χ1) is 9.65. The second kappa shape index (κ2) is 6.65. The van der Waals surface area contributed by atoms with Crippen LogP contribution in [0.4, 0.5) is 4.79 Å². The first-order valence-electron chi connectivity index (χ1n) is 7.33. The van der Waals surface area contributed by atoms with Crippen LogP contribution >= 0.6 is 0 Å². The molecule has 3 unspecified atom stereocenters. The highest BCUT2D eigenvalue weighted by molar-refractivity contribution is 5.83. The standard InChI is InChI=1S/C15H22N2O3/c1-2-3-10-16-15(20)17-12-7-5-4-6-11(12)8-9-13(17)14(18)19/h11-13H,4-10H2,1H3,(H,16,20)(H,18,19). The van der Waals surface area contributed by atoms with Crippen molar-refractivity contribution in [3.05, 3.63) is 0 Å². The Kier molecular flexibility index (Phi) is 4.89. The van der Waals surface area contributed by atoms with Gasteiger partial charge in [0.05, 0.1) is 6.54 Å². The Balaban J connectivity index is 2.13. The van der Waals surface area contributed by atoms with Crippen molar-refractivity contribution in [2.45, 2.75) is 57.5 Å². The fraction of sp³-hybridized carbons (Fsp3) is 0.733. The van der Waals surface area contributed by atoms with E-state index in [1.54, 1.807) is 11.8 Å². The average Bonchev–Trinajstić information content (AvgIpc) is 2.46. The van der Waals surface area contributed by atoms with Crippen molar-refractivity contribution in [3.63, 3.8) is 0 Å². The van der Waals surface area contributed by atoms with Crippen LogP contribution in [-0.4, -0.2) is 40.6 Å². The zero-order valence-corrected chi connectivity index (χ0v) is 11.9. The molecule has 1 aliphatic heterocycles. The number of carbonyl (C=O) groups excluding carboxylic acids is 1. The molecule has 0 radical (unpaired) electrons. The van der Waals surface area contributed by atoms with Gasteiger partial charge in [-0.05, 0) is 38.5 Å². The van der Waals surface area contributed by atoms with Gasteiger partial charge in [0, 0.05) is 6.04 Å². The Hall–Kier alpha value is -1.70. The van der Waals surface area contributed by atoms with E-state index >= 15 is 0 Å². The van der Waals surface area contributed by atoms with Crippen LogP contribution in [0.25, 0.3) is 0 Å². The van der Waals surface area contributed by atoms with Crippen LogP contribution in [0.5, 0.6) is 0 Å². The summed E-state index contributed by atoms with van der Waals surface area (Å²) in [5.41, 5.74) is 0. The number of likely N-dealkylation sites (tertiary alicyclic amines) is 1. The Morgan fingerprint density at radius 2 is 2.00 bits per heavy atom. The lowest BCUT2D eigenvalue weighted by Gasteiger charge is -2.46. The number of urea groups is 1. The first-order valence-corrected chi connectivity index (χ1v) is 7.33. The number of rotatable bonds is 2. The fourth-order valence-electron chi connectivity index (χ4n) is 3.47. The maximum atomic E-state index is 12.3. The molecular formula is C15H22N2O3. The van der Waals surface area contributed by atoms with Crippen molar-refractivity contribution in [1.82, 2.24) is 10.2 Å². The lowest BCUT2D eigenvalue weighted by Crippen LogP contribution is -2.60. The number of carbonyl (C=O) groups is 2. The van der Waals surface area contributed by atoms with Crippen LogP contribution in [0.3, 0.4) is 0 Å². The largest absolute Gasteiger partial charge is 0.480 e. The van der Waals surface area contributed by atoms with Crippen molar-refractivity contribution in [3.8, 4) is 11.8 Å². The molecule has 1 aliphatic carbocycles. The molecular weight excluding hydrogens is 256 g/mol. The lowest BCUT2D eigenvalue weighted by molar-refractivity contribution is -0.145. The minimum atomic E-state index is -0.897. The second-order valence-corrected chi connectivity index (χ2v) is 5.54. The zero-order valence-electron chi connectivity index (χ0n) is 11.9. The molecule has 2 fully saturated rings. The smallest absolute Gasteiger partial charge is 0.326 e. The molecule has 0 aromatic carbocycles. The van der Waals surface area contributed by atoms with Crippen LogP contribution in [0, 0.1) is 17.8 Å². The Morgan fingerprint density at radius 1 is 1.25 bits per heavy atom. The van der Waals surface area contributed by atoms with Gasteiger partial charge >= 0.3 is 12.0 Å². The number of amides is 2. The highest BCUT2D eigenvalue weighted by Gasteiger charge is 2.43. The van der Waals surface area contributed by atoms with E-state index < -0.39 is 12.0 Å². The summed E-state index contributed by atoms with van der Waals surface area (Å²) in [7, 11) is 0. The Bertz CT molecular complexity index is 438. The summed E-state index contributed by atoms with van der Waals surface area (Å²) < 4.78 is 0. The fourth-order valence-corrected chi connectivity index (χ4v) is 3.47. The molecule has 110 valence electrons. The van der Waals surface area contributed by atoms with Crippen LogP contribution < -0.4 is 5.32 Å². The van der Waals surface area contributed by atoms with E-state index in [1.807, 2.05) is 0 Å². The van der Waals surface area contributed by atoms with E-state index in [2.05, 4.69) is 17.2 Å². The Morgan fingerprint density at radius 3 is 2.70 bits per heavy atom. The predicted molar refractivity (Wildman–Crippen MR) is 75.1 cm³/mol. The number of fused-ring (bicyclic) bond motifs is 1. The average molecular weight is 278 g/mol. The van der Waals surface area contributed by atoms with Crippen molar-refractivity contribution >= 4 is 12.0 Å². The number of hydrogen-bond donors (Lipinski definition) is 2. The van der Waals surface area contributed by atoms with Crippen LogP contribution in [0.15, 0.2) is 0 Å². The van der Waals surface area contributed by atoms with Crippen molar-refractivity contribution < 1.29 is 14.7 Å². The molecule has 5 nitrogen and oxygen atoms in total. The molecule has 0 spiro atoms. The molecule has 0 bridgehead atoms. The van der Waals surface area contributed by atoms with Gasteiger partial charge in [0.15, 0.2) is 0 Å². The van der Waals surface area contributed by atoms with Gasteiger partial charge < -0.3 is 15.3 Å². The number of aliphatic carboxylic acids is 1. The third kappa shape index (κ3) is 3.06. The molecule has 1 saturated heterocycles. The van der Waals surface area contributed by atoms with Gasteiger partial charge in [0.1, 0.15) is 6.04 Å². The SMILES string of the molecule is CC#CCNC(=O)N1C(C(=O)O)CCC2CCCCC21. The third-order valence-electron chi connectivity index (χ3n) is 4.40. The van der Waals surface area contributed by atoms with Crippen LogP contribution in [0.1, 0.15) is 45.4 Å².